The van der Waals surface area contributed by atoms with Gasteiger partial charge in [-0.2, -0.15) is 0 Å². The number of phosphoric acid groups is 2. The van der Waals surface area contributed by atoms with Gasteiger partial charge in [-0.15, -0.1) is 0 Å². The molecule has 0 saturated heterocycles. The van der Waals surface area contributed by atoms with Crippen molar-refractivity contribution in [2.45, 2.75) is 347 Å². The molecule has 0 fully saturated rings. The summed E-state index contributed by atoms with van der Waals surface area (Å²) in [6, 6.07) is 0. The average Bonchev–Trinajstić information content (AvgIpc) is 0.924. The Kier molecular flexibility index (Phi) is 74.1. The number of phosphoric ester groups is 2. The van der Waals surface area contributed by atoms with Crippen molar-refractivity contribution in [3.63, 3.8) is 0 Å². The molecule has 0 aromatic heterocycles. The predicted octanol–water partition coefficient (Wildman–Crippen LogP) is 23.9. The van der Waals surface area contributed by atoms with Gasteiger partial charge in [-0.3, -0.25) is 32.5 Å². The van der Waals surface area contributed by atoms with E-state index in [0.717, 1.165) is 161 Å². The van der Waals surface area contributed by atoms with E-state index in [1.165, 1.54) is 109 Å². The molecule has 592 valence electrons. The van der Waals surface area contributed by atoms with Gasteiger partial charge in [0.2, 0.25) is 0 Å². The summed E-state index contributed by atoms with van der Waals surface area (Å²) in [5, 5.41) is 20.6. The van der Waals surface area contributed by atoms with Crippen LogP contribution < -0.4 is 0 Å². The van der Waals surface area contributed by atoms with Gasteiger partial charge in [0.05, 0.1) is 26.4 Å². The van der Waals surface area contributed by atoms with E-state index < -0.39 is 91.5 Å². The molecule has 4 N–H and O–H groups in total. The molecule has 0 aliphatic rings. The minimum absolute atomic E-state index is 0.0924. The second-order valence-electron chi connectivity index (χ2n) is 26.8. The number of carbonyl (C=O) groups excluding carboxylic acids is 3. The maximum atomic E-state index is 13.0. The third-order valence-corrected chi connectivity index (χ3v) is 18.7. The number of hydrogen-bond donors (Lipinski definition) is 4. The lowest BCUT2D eigenvalue weighted by atomic mass is 10.0. The molecule has 0 saturated carbocycles. The maximum absolute atomic E-state index is 13.0. The van der Waals surface area contributed by atoms with Gasteiger partial charge >= 0.3 is 33.6 Å². The molecule has 0 aliphatic heterocycles. The van der Waals surface area contributed by atoms with Crippen molar-refractivity contribution < 1.29 is 75.8 Å². The molecule has 5 atom stereocenters. The molecular weight excluding hydrogens is 1340 g/mol. The van der Waals surface area contributed by atoms with Crippen LogP contribution in [0.4, 0.5) is 0 Å². The molecule has 18 heteroatoms. The molecule has 0 rings (SSSR count). The number of aliphatic hydroxyl groups is 2. The zero-order chi connectivity index (χ0) is 75.2. The number of esters is 3. The quantitative estimate of drug-likeness (QED) is 0.0146. The van der Waals surface area contributed by atoms with Gasteiger partial charge in [0.15, 0.2) is 6.10 Å². The molecular formula is C85H146O16P2. The van der Waals surface area contributed by atoms with E-state index in [9.17, 15) is 43.5 Å². The van der Waals surface area contributed by atoms with Crippen molar-refractivity contribution in [1.82, 2.24) is 0 Å². The van der Waals surface area contributed by atoms with Crippen molar-refractivity contribution in [2.24, 2.45) is 0 Å². The number of carbonyl (C=O) groups is 3. The van der Waals surface area contributed by atoms with E-state index in [2.05, 4.69) is 154 Å². The Labute approximate surface area is 626 Å². The van der Waals surface area contributed by atoms with Crippen molar-refractivity contribution in [1.29, 1.82) is 0 Å². The van der Waals surface area contributed by atoms with E-state index in [4.69, 9.17) is 32.3 Å². The zero-order valence-electron chi connectivity index (χ0n) is 64.7. The summed E-state index contributed by atoms with van der Waals surface area (Å²) in [5.41, 5.74) is 0. The molecule has 0 bridgehead atoms. The smallest absolute Gasteiger partial charge is 0.463 e. The maximum Gasteiger partial charge on any atom is 0.472 e. The Bertz CT molecular complexity index is 2410. The first-order chi connectivity index (χ1) is 50.2. The van der Waals surface area contributed by atoms with E-state index in [0.29, 0.717) is 19.3 Å². The number of unbranched alkanes of at least 4 members (excludes halogenated alkanes) is 31. The number of rotatable bonds is 76. The normalized spacial score (nSPS) is 14.7. The average molecular weight is 1490 g/mol. The monoisotopic (exact) mass is 1490 g/mol. The van der Waals surface area contributed by atoms with Crippen LogP contribution in [0.3, 0.4) is 0 Å². The number of ether oxygens (including phenoxy) is 3. The molecule has 0 aliphatic carbocycles. The Hall–Kier alpha value is -4.31. The van der Waals surface area contributed by atoms with E-state index >= 15 is 0 Å². The second kappa shape index (κ2) is 77.3. The highest BCUT2D eigenvalue weighted by atomic mass is 31.2. The zero-order valence-corrected chi connectivity index (χ0v) is 66.5. The standard InChI is InChI=1S/C85H146O16P2/c1-4-7-10-13-16-19-22-25-27-29-31-33-35-37-39-41-43-45-47-49-51-54-56-59-62-65-68-71-83(88)95-74-80(86)75-97-102(91,92)98-76-81(87)77-99-103(93,94)100-79-82(101-85(90)73-70-67-64-61-58-53-24-21-18-15-12-9-6-3)78-96-84(89)72-69-66-63-60-57-55-52-50-48-46-44-42-40-38-36-34-32-30-28-26-23-20-17-14-11-8-5-2/h7,10,16-17,19-21,24-28,31-34,37-40,43,45,80-82,86-87H,4-6,8-9,11-15,18,22-23,29-30,35-36,41-42,44,46-79H2,1-3H3,(H,91,92)(H,93,94)/b10-7-,19-16-,20-17-,24-21-,27-25-,28-26-,33-31-,34-32-,39-37-,40-38-,45-43-. The highest BCUT2D eigenvalue weighted by molar-refractivity contribution is 7.47. The van der Waals surface area contributed by atoms with E-state index in [-0.39, 0.29) is 19.3 Å². The van der Waals surface area contributed by atoms with Crippen molar-refractivity contribution in [3.05, 3.63) is 134 Å². The fraction of sp³-hybridized carbons (Fsp3) is 0.706. The molecule has 5 unspecified atom stereocenters. The van der Waals surface area contributed by atoms with Crippen LogP contribution >= 0.6 is 15.6 Å². The Balaban J connectivity index is 4.54. The molecule has 103 heavy (non-hydrogen) atoms. The van der Waals surface area contributed by atoms with Gasteiger partial charge in [0, 0.05) is 19.3 Å². The minimum atomic E-state index is -4.93. The first kappa shape index (κ1) is 98.7. The summed E-state index contributed by atoms with van der Waals surface area (Å²) in [5.74, 6) is -1.59. The van der Waals surface area contributed by atoms with Gasteiger partial charge < -0.3 is 34.2 Å². The number of aliphatic hydroxyl groups excluding tert-OH is 2. The Morgan fingerprint density at radius 3 is 0.845 bits per heavy atom. The number of hydrogen-bond acceptors (Lipinski definition) is 14. The molecule has 0 radical (unpaired) electrons. The molecule has 0 amide bonds. The van der Waals surface area contributed by atoms with Gasteiger partial charge in [0.1, 0.15) is 25.4 Å². The van der Waals surface area contributed by atoms with Gasteiger partial charge in [-0.05, 0) is 141 Å². The van der Waals surface area contributed by atoms with E-state index in [1.807, 2.05) is 0 Å². The van der Waals surface area contributed by atoms with Crippen LogP contribution in [0.5, 0.6) is 0 Å². The van der Waals surface area contributed by atoms with Gasteiger partial charge in [0.25, 0.3) is 0 Å². The fourth-order valence-corrected chi connectivity index (χ4v) is 12.3. The number of allylic oxidation sites excluding steroid dienone is 22. The van der Waals surface area contributed by atoms with Crippen LogP contribution in [-0.2, 0) is 55.8 Å². The summed E-state index contributed by atoms with van der Waals surface area (Å²) in [4.78, 5) is 58.7. The third-order valence-electron chi connectivity index (χ3n) is 16.8. The molecule has 0 spiro atoms. The van der Waals surface area contributed by atoms with Crippen LogP contribution in [-0.4, -0.2) is 95.9 Å². The molecule has 16 nitrogen and oxygen atoms in total. The second-order valence-corrected chi connectivity index (χ2v) is 29.7. The molecule has 0 heterocycles. The highest BCUT2D eigenvalue weighted by Gasteiger charge is 2.29. The van der Waals surface area contributed by atoms with Gasteiger partial charge in [-0.25, -0.2) is 9.13 Å². The van der Waals surface area contributed by atoms with Crippen molar-refractivity contribution in [2.75, 3.05) is 39.6 Å². The first-order valence-corrected chi connectivity index (χ1v) is 43.5. The highest BCUT2D eigenvalue weighted by Crippen LogP contribution is 2.45. The molecule has 0 aromatic rings. The van der Waals surface area contributed by atoms with Crippen molar-refractivity contribution in [3.8, 4) is 0 Å². The largest absolute Gasteiger partial charge is 0.472 e. The summed E-state index contributed by atoms with van der Waals surface area (Å²) in [7, 11) is -9.80. The van der Waals surface area contributed by atoms with Crippen LogP contribution in [0.15, 0.2) is 134 Å². The summed E-state index contributed by atoms with van der Waals surface area (Å²) >= 11 is 0. The predicted molar refractivity (Wildman–Crippen MR) is 426 cm³/mol. The lowest BCUT2D eigenvalue weighted by Crippen LogP contribution is -2.30. The first-order valence-electron chi connectivity index (χ1n) is 40.5. The van der Waals surface area contributed by atoms with Crippen LogP contribution in [0, 0.1) is 0 Å². The summed E-state index contributed by atoms with van der Waals surface area (Å²) < 4.78 is 61.2. The molecule has 0 aromatic carbocycles. The minimum Gasteiger partial charge on any atom is -0.463 e. The Morgan fingerprint density at radius 1 is 0.282 bits per heavy atom. The van der Waals surface area contributed by atoms with Crippen LogP contribution in [0.2, 0.25) is 0 Å². The summed E-state index contributed by atoms with van der Waals surface area (Å²) in [6.45, 7) is 2.52. The van der Waals surface area contributed by atoms with Gasteiger partial charge in [-0.1, -0.05) is 302 Å². The van der Waals surface area contributed by atoms with Crippen LogP contribution in [0.25, 0.3) is 0 Å². The SMILES string of the molecule is CC/C=C\C/C=C\C/C=C\C/C=C\C/C=C\C/C=C\CCCCCCCCCCC(=O)OCC(O)COP(=O)(O)OCC(O)COP(=O)(O)OCC(COC(=O)CCCCCCCCCCCCC/C=C\C/C=C\C/C=C\C/C=C\CCCCC)OC(=O)CCCCCCC/C=C\CCCCCC. The summed E-state index contributed by atoms with van der Waals surface area (Å²) in [6.07, 6.45) is 93.5. The van der Waals surface area contributed by atoms with E-state index in [1.54, 1.807) is 0 Å². The topological polar surface area (TPSA) is 231 Å². The van der Waals surface area contributed by atoms with Crippen LogP contribution in [0.1, 0.15) is 329 Å². The third kappa shape index (κ3) is 78.6. The lowest BCUT2D eigenvalue weighted by Gasteiger charge is -2.21. The Morgan fingerprint density at radius 2 is 0.515 bits per heavy atom. The fourth-order valence-electron chi connectivity index (χ4n) is 10.7. The lowest BCUT2D eigenvalue weighted by molar-refractivity contribution is -0.161. The van der Waals surface area contributed by atoms with Crippen molar-refractivity contribution >= 4 is 33.6 Å².